The first-order chi connectivity index (χ1) is 6.45. The molecule has 0 atom stereocenters. The molecule has 0 aliphatic carbocycles. The van der Waals surface area contributed by atoms with Gasteiger partial charge < -0.3 is 0 Å². The van der Waals surface area contributed by atoms with Gasteiger partial charge in [-0.05, 0) is 35.3 Å². The van der Waals surface area contributed by atoms with Gasteiger partial charge in [0.25, 0.3) is 0 Å². The number of hydrogen-bond acceptors (Lipinski definition) is 2. The van der Waals surface area contributed by atoms with E-state index in [9.17, 15) is 0 Å². The average molecular weight is 226 g/mol. The van der Waals surface area contributed by atoms with Crippen LogP contribution in [0, 0.1) is 0 Å². The molecule has 1 rings (SSSR count). The fraction of sp³-hybridized carbons (Fsp3) is 0.364. The van der Waals surface area contributed by atoms with Crippen molar-refractivity contribution in [1.29, 1.82) is 0 Å². The van der Waals surface area contributed by atoms with E-state index in [1.807, 2.05) is 18.2 Å². The molecule has 1 aromatic rings. The third kappa shape index (κ3) is 2.65. The summed E-state index contributed by atoms with van der Waals surface area (Å²) in [6, 6.07) is 5.80. The summed E-state index contributed by atoms with van der Waals surface area (Å²) in [4.78, 5) is 3.86. The Morgan fingerprint density at radius 3 is 2.43 bits per heavy atom. The third-order valence-corrected chi connectivity index (χ3v) is 2.37. The average Bonchev–Trinajstić information content (AvgIpc) is 2.07. The second-order valence-electron chi connectivity index (χ2n) is 4.12. The van der Waals surface area contributed by atoms with Crippen molar-refractivity contribution in [1.82, 2.24) is 0 Å². The van der Waals surface area contributed by atoms with Gasteiger partial charge >= 0.3 is 0 Å². The SMILES string of the molecule is CC(C)(C)c1ccc(N=C=S)c(Cl)c1. The highest BCUT2D eigenvalue weighted by Gasteiger charge is 2.14. The molecule has 74 valence electrons. The smallest absolute Gasteiger partial charge is 0.0925 e. The monoisotopic (exact) mass is 225 g/mol. The zero-order chi connectivity index (χ0) is 10.8. The number of benzene rings is 1. The van der Waals surface area contributed by atoms with E-state index in [0.717, 1.165) is 0 Å². The number of rotatable bonds is 1. The zero-order valence-electron chi connectivity index (χ0n) is 8.47. The van der Waals surface area contributed by atoms with E-state index in [1.54, 1.807) is 0 Å². The molecular formula is C11H12ClNS. The quantitative estimate of drug-likeness (QED) is 0.511. The van der Waals surface area contributed by atoms with E-state index >= 15 is 0 Å². The van der Waals surface area contributed by atoms with Crippen molar-refractivity contribution < 1.29 is 0 Å². The van der Waals surface area contributed by atoms with E-state index in [4.69, 9.17) is 11.6 Å². The summed E-state index contributed by atoms with van der Waals surface area (Å²) in [6.45, 7) is 6.42. The molecule has 0 amide bonds. The van der Waals surface area contributed by atoms with Crippen LogP contribution in [0.25, 0.3) is 0 Å². The van der Waals surface area contributed by atoms with Crippen LogP contribution >= 0.6 is 23.8 Å². The Morgan fingerprint density at radius 2 is 2.00 bits per heavy atom. The van der Waals surface area contributed by atoms with Crippen LogP contribution in [0.1, 0.15) is 26.3 Å². The summed E-state index contributed by atoms with van der Waals surface area (Å²) in [5.74, 6) is 0. The largest absolute Gasteiger partial charge is 0.193 e. The summed E-state index contributed by atoms with van der Waals surface area (Å²) in [7, 11) is 0. The molecule has 0 saturated carbocycles. The molecule has 1 nitrogen and oxygen atoms in total. The first kappa shape index (κ1) is 11.4. The van der Waals surface area contributed by atoms with Crippen molar-refractivity contribution in [2.75, 3.05) is 0 Å². The summed E-state index contributed by atoms with van der Waals surface area (Å²) in [6.07, 6.45) is 0. The Balaban J connectivity index is 3.19. The lowest BCUT2D eigenvalue weighted by Gasteiger charge is -2.19. The molecule has 1 aromatic carbocycles. The van der Waals surface area contributed by atoms with Gasteiger partial charge in [0.15, 0.2) is 0 Å². The standard InChI is InChI=1S/C11H12ClNS/c1-11(2,3)8-4-5-10(13-7-14)9(12)6-8/h4-6H,1-3H3. The maximum atomic E-state index is 6.03. The first-order valence-electron chi connectivity index (χ1n) is 4.33. The normalized spacial score (nSPS) is 10.9. The molecule has 0 aliphatic rings. The van der Waals surface area contributed by atoms with E-state index in [1.165, 1.54) is 5.56 Å². The fourth-order valence-electron chi connectivity index (χ4n) is 1.11. The van der Waals surface area contributed by atoms with Crippen LogP contribution in [0.4, 0.5) is 5.69 Å². The van der Waals surface area contributed by atoms with Crippen LogP contribution in [0.5, 0.6) is 0 Å². The number of hydrogen-bond donors (Lipinski definition) is 0. The minimum absolute atomic E-state index is 0.101. The second-order valence-corrected chi connectivity index (χ2v) is 4.71. The first-order valence-corrected chi connectivity index (χ1v) is 5.11. The van der Waals surface area contributed by atoms with E-state index in [-0.39, 0.29) is 5.41 Å². The Labute approximate surface area is 94.8 Å². The summed E-state index contributed by atoms with van der Waals surface area (Å²) >= 11 is 10.6. The second kappa shape index (κ2) is 4.22. The van der Waals surface area contributed by atoms with Gasteiger partial charge in [-0.3, -0.25) is 0 Å². The molecule has 0 N–H and O–H groups in total. The number of isothiocyanates is 1. The van der Waals surface area contributed by atoms with Crippen LogP contribution in [-0.2, 0) is 5.41 Å². The minimum atomic E-state index is 0.101. The summed E-state index contributed by atoms with van der Waals surface area (Å²) in [5, 5.41) is 2.93. The molecule has 0 unspecified atom stereocenters. The summed E-state index contributed by atoms with van der Waals surface area (Å²) < 4.78 is 0. The Kier molecular flexibility index (Phi) is 3.43. The van der Waals surface area contributed by atoms with Crippen molar-refractivity contribution in [3.05, 3.63) is 28.8 Å². The van der Waals surface area contributed by atoms with Crippen LogP contribution in [0.15, 0.2) is 23.2 Å². The van der Waals surface area contributed by atoms with Crippen molar-refractivity contribution >= 4 is 34.7 Å². The van der Waals surface area contributed by atoms with Crippen LogP contribution in [-0.4, -0.2) is 5.16 Å². The highest BCUT2D eigenvalue weighted by molar-refractivity contribution is 7.78. The zero-order valence-corrected chi connectivity index (χ0v) is 10.0. The topological polar surface area (TPSA) is 12.4 Å². The van der Waals surface area contributed by atoms with E-state index in [2.05, 4.69) is 43.1 Å². The Morgan fingerprint density at radius 1 is 1.36 bits per heavy atom. The molecular weight excluding hydrogens is 214 g/mol. The van der Waals surface area contributed by atoms with Crippen LogP contribution in [0.3, 0.4) is 0 Å². The van der Waals surface area contributed by atoms with E-state index < -0.39 is 0 Å². The summed E-state index contributed by atoms with van der Waals surface area (Å²) in [5.41, 5.74) is 1.96. The molecule has 0 saturated heterocycles. The van der Waals surface area contributed by atoms with Crippen molar-refractivity contribution in [2.24, 2.45) is 4.99 Å². The number of aliphatic imine (C=N–C) groups is 1. The highest BCUT2D eigenvalue weighted by Crippen LogP contribution is 2.30. The van der Waals surface area contributed by atoms with Gasteiger partial charge in [0.2, 0.25) is 0 Å². The van der Waals surface area contributed by atoms with Gasteiger partial charge in [-0.2, -0.15) is 4.99 Å². The molecule has 0 heterocycles. The Hall–Kier alpha value is -0.690. The van der Waals surface area contributed by atoms with Crippen molar-refractivity contribution in [3.8, 4) is 0 Å². The molecule has 0 bridgehead atoms. The number of halogens is 1. The maximum Gasteiger partial charge on any atom is 0.0925 e. The Bertz CT molecular complexity index is 387. The molecule has 14 heavy (non-hydrogen) atoms. The fourth-order valence-corrected chi connectivity index (χ4v) is 1.43. The predicted octanol–water partition coefficient (Wildman–Crippen LogP) is 4.37. The lowest BCUT2D eigenvalue weighted by molar-refractivity contribution is 0.590. The number of nitrogens with zero attached hydrogens (tertiary/aromatic N) is 1. The molecule has 0 fully saturated rings. The maximum absolute atomic E-state index is 6.03. The number of thiocarbonyl (C=S) groups is 1. The lowest BCUT2D eigenvalue weighted by atomic mass is 9.87. The van der Waals surface area contributed by atoms with Gasteiger partial charge in [0.1, 0.15) is 0 Å². The van der Waals surface area contributed by atoms with Crippen molar-refractivity contribution in [3.63, 3.8) is 0 Å². The van der Waals surface area contributed by atoms with E-state index in [0.29, 0.717) is 10.7 Å². The highest BCUT2D eigenvalue weighted by atomic mass is 35.5. The van der Waals surface area contributed by atoms with Crippen LogP contribution < -0.4 is 0 Å². The van der Waals surface area contributed by atoms with Gasteiger partial charge in [-0.1, -0.05) is 38.4 Å². The van der Waals surface area contributed by atoms with Gasteiger partial charge in [0, 0.05) is 0 Å². The third-order valence-electron chi connectivity index (χ3n) is 1.98. The molecule has 3 heteroatoms. The predicted molar refractivity (Wildman–Crippen MR) is 64.8 cm³/mol. The lowest BCUT2D eigenvalue weighted by Crippen LogP contribution is -2.10. The van der Waals surface area contributed by atoms with Crippen LogP contribution in [0.2, 0.25) is 5.02 Å². The van der Waals surface area contributed by atoms with Gasteiger partial charge in [-0.25, -0.2) is 0 Å². The van der Waals surface area contributed by atoms with Gasteiger partial charge in [-0.15, -0.1) is 0 Å². The molecule has 0 radical (unpaired) electrons. The van der Waals surface area contributed by atoms with Crippen molar-refractivity contribution in [2.45, 2.75) is 26.2 Å². The molecule has 0 spiro atoms. The molecule has 0 aromatic heterocycles. The minimum Gasteiger partial charge on any atom is -0.193 e. The molecule has 0 aliphatic heterocycles. The van der Waals surface area contributed by atoms with Gasteiger partial charge in [0.05, 0.1) is 15.9 Å².